The quantitative estimate of drug-likeness (QED) is 0.577. The van der Waals surface area contributed by atoms with Gasteiger partial charge in [-0.1, -0.05) is 0 Å². The molecule has 12 heavy (non-hydrogen) atoms. The number of rotatable bonds is 0. The predicted octanol–water partition coefficient (Wildman–Crippen LogP) is 1.40. The van der Waals surface area contributed by atoms with Gasteiger partial charge in [-0.25, -0.2) is 4.98 Å². The Hall–Kier alpha value is -1.30. The zero-order chi connectivity index (χ0) is 8.55. The molecule has 0 unspecified atom stereocenters. The maximum absolute atomic E-state index is 8.85. The van der Waals surface area contributed by atoms with Gasteiger partial charge < -0.3 is 4.57 Å². The first-order valence-electron chi connectivity index (χ1n) is 4.29. The van der Waals surface area contributed by atoms with Crippen LogP contribution in [0.15, 0.2) is 0 Å². The molecule has 1 aromatic heterocycles. The van der Waals surface area contributed by atoms with Gasteiger partial charge in [-0.15, -0.1) is 0 Å². The molecule has 0 radical (unpaired) electrons. The molecule has 0 aliphatic carbocycles. The Kier molecular flexibility index (Phi) is 1.61. The molecule has 0 saturated carbocycles. The first-order valence-corrected chi connectivity index (χ1v) is 4.29. The van der Waals surface area contributed by atoms with E-state index in [1.54, 1.807) is 0 Å². The maximum Gasteiger partial charge on any atom is 0.143 e. The lowest BCUT2D eigenvalue weighted by Crippen LogP contribution is -2.11. The molecular formula is C9H11N3. The summed E-state index contributed by atoms with van der Waals surface area (Å²) in [7, 11) is 0. The van der Waals surface area contributed by atoms with E-state index in [9.17, 15) is 0 Å². The van der Waals surface area contributed by atoms with Crippen LogP contribution in [0.1, 0.15) is 30.1 Å². The molecule has 0 saturated heterocycles. The lowest BCUT2D eigenvalue weighted by Gasteiger charge is -2.13. The first-order chi connectivity index (χ1) is 5.83. The van der Waals surface area contributed by atoms with E-state index in [0.717, 1.165) is 30.2 Å². The molecule has 0 N–H and O–H groups in total. The number of aryl methyl sites for hydroxylation is 2. The number of hydrogen-bond acceptors (Lipinski definition) is 2. The summed E-state index contributed by atoms with van der Waals surface area (Å²) < 4.78 is 2.05. The summed E-state index contributed by atoms with van der Waals surface area (Å²) in [5, 5.41) is 8.85. The lowest BCUT2D eigenvalue weighted by molar-refractivity contribution is 0.519. The number of aromatic nitrogens is 2. The molecule has 1 aromatic rings. The van der Waals surface area contributed by atoms with Gasteiger partial charge in [0.25, 0.3) is 0 Å². The van der Waals surface area contributed by atoms with E-state index in [1.807, 2.05) is 6.92 Å². The zero-order valence-electron chi connectivity index (χ0n) is 7.17. The summed E-state index contributed by atoms with van der Waals surface area (Å²) in [6.07, 6.45) is 3.42. The fraction of sp³-hybridized carbons (Fsp3) is 0.556. The van der Waals surface area contributed by atoms with Gasteiger partial charge in [0.2, 0.25) is 0 Å². The van der Waals surface area contributed by atoms with Gasteiger partial charge in [-0.05, 0) is 19.8 Å². The second kappa shape index (κ2) is 2.63. The van der Waals surface area contributed by atoms with Crippen molar-refractivity contribution in [2.45, 2.75) is 32.7 Å². The number of nitrogens with zero attached hydrogens (tertiary/aromatic N) is 3. The third-order valence-corrected chi connectivity index (χ3v) is 2.36. The van der Waals surface area contributed by atoms with Crippen molar-refractivity contribution in [3.05, 3.63) is 17.2 Å². The van der Waals surface area contributed by atoms with Crippen molar-refractivity contribution in [1.82, 2.24) is 9.55 Å². The number of fused-ring (bicyclic) bond motifs is 1. The van der Waals surface area contributed by atoms with E-state index in [1.165, 1.54) is 12.8 Å². The summed E-state index contributed by atoms with van der Waals surface area (Å²) in [5.41, 5.74) is 1.64. The van der Waals surface area contributed by atoms with E-state index in [4.69, 9.17) is 5.26 Å². The van der Waals surface area contributed by atoms with Crippen LogP contribution in [0.5, 0.6) is 0 Å². The minimum absolute atomic E-state index is 0.754. The molecule has 0 aromatic carbocycles. The van der Waals surface area contributed by atoms with Gasteiger partial charge in [0.15, 0.2) is 0 Å². The molecule has 1 aliphatic heterocycles. The Labute approximate surface area is 71.6 Å². The normalized spacial score (nSPS) is 15.3. The monoisotopic (exact) mass is 161 g/mol. The van der Waals surface area contributed by atoms with Crippen LogP contribution in [0, 0.1) is 18.3 Å². The molecule has 2 rings (SSSR count). The topological polar surface area (TPSA) is 41.6 Å². The minimum atomic E-state index is 0.754. The fourth-order valence-electron chi connectivity index (χ4n) is 1.76. The van der Waals surface area contributed by atoms with Gasteiger partial charge in [0.05, 0.1) is 5.69 Å². The van der Waals surface area contributed by atoms with E-state index in [2.05, 4.69) is 15.6 Å². The van der Waals surface area contributed by atoms with Crippen molar-refractivity contribution in [3.8, 4) is 6.07 Å². The minimum Gasteiger partial charge on any atom is -0.320 e. The molecule has 0 bridgehead atoms. The molecule has 0 spiro atoms. The van der Waals surface area contributed by atoms with E-state index in [-0.39, 0.29) is 0 Å². The van der Waals surface area contributed by atoms with Crippen molar-refractivity contribution in [2.75, 3.05) is 0 Å². The van der Waals surface area contributed by atoms with Crippen LogP contribution >= 0.6 is 0 Å². The van der Waals surface area contributed by atoms with Gasteiger partial charge in [-0.2, -0.15) is 5.26 Å². The van der Waals surface area contributed by atoms with Crippen LogP contribution in [0.25, 0.3) is 0 Å². The highest BCUT2D eigenvalue weighted by Crippen LogP contribution is 2.18. The molecule has 3 heteroatoms. The van der Waals surface area contributed by atoms with Crippen LogP contribution in [-0.2, 0) is 13.0 Å². The fourth-order valence-corrected chi connectivity index (χ4v) is 1.76. The average Bonchev–Trinajstić information content (AvgIpc) is 2.40. The smallest absolute Gasteiger partial charge is 0.143 e. The number of hydrogen-bond donors (Lipinski definition) is 0. The third kappa shape index (κ3) is 0.918. The molecule has 3 nitrogen and oxygen atoms in total. The highest BCUT2D eigenvalue weighted by molar-refractivity contribution is 5.29. The van der Waals surface area contributed by atoms with Crippen LogP contribution in [0.4, 0.5) is 0 Å². The summed E-state index contributed by atoms with van der Waals surface area (Å²) in [6, 6.07) is 2.20. The van der Waals surface area contributed by atoms with Crippen LogP contribution < -0.4 is 0 Å². The van der Waals surface area contributed by atoms with Crippen molar-refractivity contribution < 1.29 is 0 Å². The second-order valence-corrected chi connectivity index (χ2v) is 3.18. The Morgan fingerprint density at radius 1 is 1.50 bits per heavy atom. The molecule has 2 heterocycles. The molecule has 0 amide bonds. The van der Waals surface area contributed by atoms with Gasteiger partial charge in [-0.3, -0.25) is 0 Å². The standard InChI is InChI=1S/C9H11N3/c1-7-8(6-10)12-5-3-2-4-9(12)11-7/h2-5H2,1H3. The molecule has 62 valence electrons. The molecule has 0 atom stereocenters. The van der Waals surface area contributed by atoms with Crippen LogP contribution in [-0.4, -0.2) is 9.55 Å². The number of imidazole rings is 1. The van der Waals surface area contributed by atoms with Crippen molar-refractivity contribution in [1.29, 1.82) is 5.26 Å². The van der Waals surface area contributed by atoms with Gasteiger partial charge >= 0.3 is 0 Å². The molecule has 0 fully saturated rings. The van der Waals surface area contributed by atoms with Crippen molar-refractivity contribution >= 4 is 0 Å². The zero-order valence-corrected chi connectivity index (χ0v) is 7.17. The Bertz CT molecular complexity index is 343. The third-order valence-electron chi connectivity index (χ3n) is 2.36. The largest absolute Gasteiger partial charge is 0.320 e. The average molecular weight is 161 g/mol. The number of nitriles is 1. The van der Waals surface area contributed by atoms with E-state index < -0.39 is 0 Å². The Morgan fingerprint density at radius 2 is 2.33 bits per heavy atom. The maximum atomic E-state index is 8.85. The summed E-state index contributed by atoms with van der Waals surface area (Å²) >= 11 is 0. The lowest BCUT2D eigenvalue weighted by atomic mass is 10.2. The van der Waals surface area contributed by atoms with Crippen LogP contribution in [0.3, 0.4) is 0 Å². The molecule has 1 aliphatic rings. The highest BCUT2D eigenvalue weighted by Gasteiger charge is 2.16. The summed E-state index contributed by atoms with van der Waals surface area (Å²) in [4.78, 5) is 4.36. The van der Waals surface area contributed by atoms with Crippen molar-refractivity contribution in [2.24, 2.45) is 0 Å². The van der Waals surface area contributed by atoms with Crippen LogP contribution in [0.2, 0.25) is 0 Å². The van der Waals surface area contributed by atoms with Crippen molar-refractivity contribution in [3.63, 3.8) is 0 Å². The van der Waals surface area contributed by atoms with E-state index >= 15 is 0 Å². The second-order valence-electron chi connectivity index (χ2n) is 3.18. The summed E-state index contributed by atoms with van der Waals surface area (Å²) in [5.74, 6) is 1.09. The van der Waals surface area contributed by atoms with E-state index in [0.29, 0.717) is 0 Å². The predicted molar refractivity (Wildman–Crippen MR) is 44.6 cm³/mol. The van der Waals surface area contributed by atoms with Gasteiger partial charge in [0, 0.05) is 13.0 Å². The summed E-state index contributed by atoms with van der Waals surface area (Å²) in [6.45, 7) is 2.88. The highest BCUT2D eigenvalue weighted by atomic mass is 15.1. The molecular weight excluding hydrogens is 150 g/mol. The first kappa shape index (κ1) is 7.35. The van der Waals surface area contributed by atoms with Gasteiger partial charge in [0.1, 0.15) is 17.6 Å². The Balaban J connectivity index is 2.56. The Morgan fingerprint density at radius 3 is 3.08 bits per heavy atom. The SMILES string of the molecule is Cc1nc2n(c1C#N)CCCC2.